The lowest BCUT2D eigenvalue weighted by atomic mass is 10.1. The highest BCUT2D eigenvalue weighted by atomic mass is 16.4. The van der Waals surface area contributed by atoms with Crippen molar-refractivity contribution in [3.05, 3.63) is 35.9 Å². The summed E-state index contributed by atoms with van der Waals surface area (Å²) in [7, 11) is 0. The van der Waals surface area contributed by atoms with E-state index in [0.717, 1.165) is 5.56 Å². The molecule has 0 heterocycles. The molecular formula is C13H19N3O3. The molecule has 0 aliphatic rings. The average molecular weight is 265 g/mol. The van der Waals surface area contributed by atoms with Crippen LogP contribution in [0.4, 0.5) is 0 Å². The molecule has 4 N–H and O–H groups in total. The number of aliphatic hydroxyl groups is 1. The van der Waals surface area contributed by atoms with Gasteiger partial charge in [-0.3, -0.25) is 4.79 Å². The molecular weight excluding hydrogens is 246 g/mol. The zero-order valence-corrected chi connectivity index (χ0v) is 10.9. The summed E-state index contributed by atoms with van der Waals surface area (Å²) in [5, 5.41) is 20.5. The zero-order valence-electron chi connectivity index (χ0n) is 10.9. The van der Waals surface area contributed by atoms with E-state index in [4.69, 9.17) is 16.0 Å². The Hall–Kier alpha value is -2.08. The number of hydrogen-bond acceptors (Lipinski definition) is 4. The Kier molecular flexibility index (Phi) is 5.81. The molecule has 1 rings (SSSR count). The van der Waals surface area contributed by atoms with Gasteiger partial charge in [-0.15, -0.1) is 0 Å². The van der Waals surface area contributed by atoms with Crippen LogP contribution in [-0.2, 0) is 11.3 Å². The highest BCUT2D eigenvalue weighted by Gasteiger charge is 2.23. The zero-order chi connectivity index (χ0) is 14.3. The van der Waals surface area contributed by atoms with Crippen molar-refractivity contribution in [3.63, 3.8) is 0 Å². The van der Waals surface area contributed by atoms with Gasteiger partial charge in [0.15, 0.2) is 5.84 Å². The highest BCUT2D eigenvalue weighted by Crippen LogP contribution is 2.09. The van der Waals surface area contributed by atoms with E-state index in [-0.39, 0.29) is 24.9 Å². The molecule has 0 radical (unpaired) electrons. The van der Waals surface area contributed by atoms with E-state index < -0.39 is 5.92 Å². The second-order valence-corrected chi connectivity index (χ2v) is 4.22. The molecule has 0 spiro atoms. The first-order chi connectivity index (χ1) is 9.10. The lowest BCUT2D eigenvalue weighted by Gasteiger charge is -2.24. The smallest absolute Gasteiger partial charge is 0.233 e. The first-order valence-electron chi connectivity index (χ1n) is 6.01. The van der Waals surface area contributed by atoms with Gasteiger partial charge in [0.25, 0.3) is 0 Å². The Balaban J connectivity index is 2.80. The summed E-state index contributed by atoms with van der Waals surface area (Å²) in [6.45, 7) is 2.01. The second-order valence-electron chi connectivity index (χ2n) is 4.22. The summed E-state index contributed by atoms with van der Waals surface area (Å²) in [6, 6.07) is 9.44. The van der Waals surface area contributed by atoms with Crippen LogP contribution in [0.1, 0.15) is 12.5 Å². The van der Waals surface area contributed by atoms with Crippen LogP contribution in [0.5, 0.6) is 0 Å². The van der Waals surface area contributed by atoms with E-state index in [0.29, 0.717) is 6.54 Å². The molecule has 0 aliphatic carbocycles. The number of oxime groups is 1. The fourth-order valence-corrected chi connectivity index (χ4v) is 1.68. The molecule has 1 amide bonds. The van der Waals surface area contributed by atoms with E-state index in [1.807, 2.05) is 30.3 Å². The topological polar surface area (TPSA) is 99.2 Å². The first-order valence-corrected chi connectivity index (χ1v) is 6.01. The minimum absolute atomic E-state index is 0.137. The first kappa shape index (κ1) is 15.0. The molecule has 0 fully saturated rings. The van der Waals surface area contributed by atoms with Gasteiger partial charge in [-0.1, -0.05) is 35.5 Å². The lowest BCUT2D eigenvalue weighted by molar-refractivity contribution is -0.134. The Morgan fingerprint density at radius 1 is 1.42 bits per heavy atom. The molecule has 0 bridgehead atoms. The summed E-state index contributed by atoms with van der Waals surface area (Å²) in [6.07, 6.45) is 0. The van der Waals surface area contributed by atoms with Gasteiger partial charge in [0, 0.05) is 13.1 Å². The van der Waals surface area contributed by atoms with Crippen molar-refractivity contribution in [2.24, 2.45) is 16.8 Å². The van der Waals surface area contributed by atoms with E-state index in [9.17, 15) is 4.79 Å². The number of nitrogens with zero attached hydrogens (tertiary/aromatic N) is 2. The number of amidine groups is 1. The SMILES string of the molecule is CC(C(=O)N(CCO)Cc1ccccc1)C(N)=NO. The van der Waals surface area contributed by atoms with Gasteiger partial charge < -0.3 is 20.9 Å². The summed E-state index contributed by atoms with van der Waals surface area (Å²) in [5.74, 6) is -1.14. The fourth-order valence-electron chi connectivity index (χ4n) is 1.68. The van der Waals surface area contributed by atoms with Crippen molar-refractivity contribution >= 4 is 11.7 Å². The maximum Gasteiger partial charge on any atom is 0.233 e. The van der Waals surface area contributed by atoms with Gasteiger partial charge in [-0.2, -0.15) is 0 Å². The van der Waals surface area contributed by atoms with Crippen molar-refractivity contribution in [3.8, 4) is 0 Å². The quantitative estimate of drug-likeness (QED) is 0.300. The normalized spacial score (nSPS) is 13.1. The summed E-state index contributed by atoms with van der Waals surface area (Å²) in [5.41, 5.74) is 6.39. The van der Waals surface area contributed by atoms with Crippen LogP contribution in [0.15, 0.2) is 35.5 Å². The molecule has 19 heavy (non-hydrogen) atoms. The standard InChI is InChI=1S/C13H19N3O3/c1-10(12(14)15-19)13(18)16(7-8-17)9-11-5-3-2-4-6-11/h2-6,10,17,19H,7-9H2,1H3,(H2,14,15). The van der Waals surface area contributed by atoms with Gasteiger partial charge in [-0.05, 0) is 12.5 Å². The number of nitrogens with two attached hydrogens (primary N) is 1. The second kappa shape index (κ2) is 7.38. The summed E-state index contributed by atoms with van der Waals surface area (Å²) >= 11 is 0. The third kappa shape index (κ3) is 4.26. The van der Waals surface area contributed by atoms with Crippen molar-refractivity contribution < 1.29 is 15.1 Å². The Labute approximate surface area is 112 Å². The lowest BCUT2D eigenvalue weighted by Crippen LogP contribution is -2.41. The molecule has 6 heteroatoms. The van der Waals surface area contributed by atoms with Gasteiger partial charge >= 0.3 is 0 Å². The minimum Gasteiger partial charge on any atom is -0.409 e. The molecule has 1 aromatic carbocycles. The summed E-state index contributed by atoms with van der Waals surface area (Å²) in [4.78, 5) is 13.7. The van der Waals surface area contributed by atoms with Crippen LogP contribution in [0.25, 0.3) is 0 Å². The van der Waals surface area contributed by atoms with Crippen molar-refractivity contribution in [1.29, 1.82) is 0 Å². The largest absolute Gasteiger partial charge is 0.409 e. The van der Waals surface area contributed by atoms with Gasteiger partial charge in [0.2, 0.25) is 5.91 Å². The van der Waals surface area contributed by atoms with Crippen LogP contribution in [0.3, 0.4) is 0 Å². The van der Waals surface area contributed by atoms with Gasteiger partial charge in [-0.25, -0.2) is 0 Å². The maximum atomic E-state index is 12.2. The number of aliphatic hydroxyl groups excluding tert-OH is 1. The average Bonchev–Trinajstić information content (AvgIpc) is 2.45. The van der Waals surface area contributed by atoms with Crippen LogP contribution in [-0.4, -0.2) is 40.1 Å². The van der Waals surface area contributed by atoms with Crippen LogP contribution >= 0.6 is 0 Å². The third-order valence-corrected chi connectivity index (χ3v) is 2.83. The molecule has 1 atom stereocenters. The molecule has 0 saturated carbocycles. The number of benzene rings is 1. The van der Waals surface area contributed by atoms with E-state index in [1.54, 1.807) is 6.92 Å². The molecule has 1 unspecified atom stereocenters. The maximum absolute atomic E-state index is 12.2. The Morgan fingerprint density at radius 2 is 2.05 bits per heavy atom. The molecule has 6 nitrogen and oxygen atoms in total. The van der Waals surface area contributed by atoms with Crippen LogP contribution in [0.2, 0.25) is 0 Å². The number of carbonyl (C=O) groups excluding carboxylic acids is 1. The number of rotatable bonds is 6. The van der Waals surface area contributed by atoms with Gasteiger partial charge in [0.1, 0.15) is 0 Å². The molecule has 104 valence electrons. The van der Waals surface area contributed by atoms with E-state index in [2.05, 4.69) is 5.16 Å². The number of hydrogen-bond donors (Lipinski definition) is 3. The van der Waals surface area contributed by atoms with Crippen LogP contribution in [0, 0.1) is 5.92 Å². The Morgan fingerprint density at radius 3 is 2.58 bits per heavy atom. The van der Waals surface area contributed by atoms with Crippen LogP contribution < -0.4 is 5.73 Å². The predicted molar refractivity (Wildman–Crippen MR) is 71.5 cm³/mol. The monoisotopic (exact) mass is 265 g/mol. The number of carbonyl (C=O) groups is 1. The van der Waals surface area contributed by atoms with E-state index in [1.165, 1.54) is 4.90 Å². The molecule has 0 aromatic heterocycles. The van der Waals surface area contributed by atoms with Crippen molar-refractivity contribution in [2.75, 3.05) is 13.2 Å². The van der Waals surface area contributed by atoms with Gasteiger partial charge in [0.05, 0.1) is 12.5 Å². The fraction of sp³-hybridized carbons (Fsp3) is 0.385. The predicted octanol–water partition coefficient (Wildman–Crippen LogP) is 0.390. The Bertz CT molecular complexity index is 434. The molecule has 0 aliphatic heterocycles. The number of amides is 1. The minimum atomic E-state index is -0.722. The van der Waals surface area contributed by atoms with Crippen molar-refractivity contribution in [1.82, 2.24) is 4.90 Å². The molecule has 1 aromatic rings. The van der Waals surface area contributed by atoms with Crippen molar-refractivity contribution in [2.45, 2.75) is 13.5 Å². The van der Waals surface area contributed by atoms with E-state index >= 15 is 0 Å². The third-order valence-electron chi connectivity index (χ3n) is 2.83. The summed E-state index contributed by atoms with van der Waals surface area (Å²) < 4.78 is 0. The highest BCUT2D eigenvalue weighted by molar-refractivity contribution is 6.01. The molecule has 0 saturated heterocycles.